The van der Waals surface area contributed by atoms with E-state index >= 15 is 0 Å². The first-order valence-electron chi connectivity index (χ1n) is 8.57. The largest absolute Gasteiger partial charge is 0.454 e. The Morgan fingerprint density at radius 1 is 1.21 bits per heavy atom. The van der Waals surface area contributed by atoms with Crippen molar-refractivity contribution in [3.05, 3.63) is 58.4 Å². The molecule has 0 saturated carbocycles. The van der Waals surface area contributed by atoms with E-state index in [0.717, 1.165) is 0 Å². The van der Waals surface area contributed by atoms with Gasteiger partial charge in [-0.25, -0.2) is 9.97 Å². The Bertz CT molecular complexity index is 1110. The first-order chi connectivity index (χ1) is 13.5. The third-order valence-electron chi connectivity index (χ3n) is 4.39. The number of ether oxygens (including phenoxy) is 2. The van der Waals surface area contributed by atoms with Crippen LogP contribution in [-0.4, -0.2) is 32.2 Å². The van der Waals surface area contributed by atoms with Crippen LogP contribution in [0.4, 0.5) is 5.69 Å². The minimum Gasteiger partial charge on any atom is -0.454 e. The quantitative estimate of drug-likeness (QED) is 0.735. The average Bonchev–Trinajstić information content (AvgIpc) is 3.17. The Morgan fingerprint density at radius 3 is 2.82 bits per heavy atom. The van der Waals surface area contributed by atoms with Crippen LogP contribution in [0.2, 0.25) is 0 Å². The van der Waals surface area contributed by atoms with Crippen molar-refractivity contribution >= 4 is 11.6 Å². The monoisotopic (exact) mass is 379 g/mol. The van der Waals surface area contributed by atoms with Crippen LogP contribution >= 0.6 is 0 Å². The van der Waals surface area contributed by atoms with Gasteiger partial charge in [-0.3, -0.25) is 19.1 Å². The lowest BCUT2D eigenvalue weighted by atomic mass is 10.2. The van der Waals surface area contributed by atoms with E-state index in [1.807, 2.05) is 0 Å². The Balaban J connectivity index is 1.64. The number of hydrogen-bond acceptors (Lipinski definition) is 7. The number of hydrogen-bond donors (Lipinski definition) is 1. The van der Waals surface area contributed by atoms with E-state index < -0.39 is 0 Å². The molecular formula is C19H17N5O4. The van der Waals surface area contributed by atoms with Gasteiger partial charge in [0.1, 0.15) is 12.2 Å². The number of fused-ring (bicyclic) bond motifs is 1. The summed E-state index contributed by atoms with van der Waals surface area (Å²) in [6.07, 6.45) is 4.54. The molecule has 2 aromatic heterocycles. The van der Waals surface area contributed by atoms with Crippen molar-refractivity contribution in [2.45, 2.75) is 20.4 Å². The number of benzene rings is 1. The number of carbonyl (C=O) groups is 1. The van der Waals surface area contributed by atoms with E-state index in [1.165, 1.54) is 23.2 Å². The molecule has 1 aromatic carbocycles. The Hall–Kier alpha value is -3.75. The zero-order valence-electron chi connectivity index (χ0n) is 15.3. The normalized spacial score (nSPS) is 12.1. The molecule has 0 bridgehead atoms. The van der Waals surface area contributed by atoms with Gasteiger partial charge in [0, 0.05) is 35.4 Å². The fraction of sp³-hybridized carbons (Fsp3) is 0.211. The molecular weight excluding hydrogens is 362 g/mol. The fourth-order valence-electron chi connectivity index (χ4n) is 2.83. The molecule has 1 amide bonds. The summed E-state index contributed by atoms with van der Waals surface area (Å²) in [6.45, 7) is 3.36. The summed E-state index contributed by atoms with van der Waals surface area (Å²) in [5.74, 6) is 1.10. The van der Waals surface area contributed by atoms with Crippen LogP contribution in [-0.2, 0) is 11.3 Å². The SMILES string of the molecule is Cc1nc(-c2cnccn2)n(CC(=O)Nc2ccc3c(c2)OCO3)c(=O)c1C. The van der Waals surface area contributed by atoms with Crippen molar-refractivity contribution in [2.75, 3.05) is 12.1 Å². The van der Waals surface area contributed by atoms with Gasteiger partial charge in [-0.15, -0.1) is 0 Å². The molecule has 28 heavy (non-hydrogen) atoms. The predicted octanol–water partition coefficient (Wildman–Crippen LogP) is 1.68. The minimum absolute atomic E-state index is 0.151. The van der Waals surface area contributed by atoms with Gasteiger partial charge < -0.3 is 14.8 Å². The number of amides is 1. The second kappa shape index (κ2) is 7.10. The van der Waals surface area contributed by atoms with Crippen molar-refractivity contribution in [3.63, 3.8) is 0 Å². The Morgan fingerprint density at radius 2 is 2.04 bits per heavy atom. The topological polar surface area (TPSA) is 108 Å². The van der Waals surface area contributed by atoms with Gasteiger partial charge in [0.25, 0.3) is 5.56 Å². The average molecular weight is 379 g/mol. The summed E-state index contributed by atoms with van der Waals surface area (Å²) in [5, 5.41) is 2.76. The molecule has 0 spiro atoms. The van der Waals surface area contributed by atoms with Gasteiger partial charge in [0.2, 0.25) is 12.7 Å². The summed E-state index contributed by atoms with van der Waals surface area (Å²) in [7, 11) is 0. The van der Waals surface area contributed by atoms with E-state index in [0.29, 0.717) is 40.0 Å². The number of aromatic nitrogens is 4. The highest BCUT2D eigenvalue weighted by molar-refractivity contribution is 5.91. The smallest absolute Gasteiger partial charge is 0.257 e. The van der Waals surface area contributed by atoms with E-state index in [2.05, 4.69) is 20.3 Å². The lowest BCUT2D eigenvalue weighted by molar-refractivity contribution is -0.116. The number of anilines is 1. The molecule has 1 aliphatic rings. The molecule has 3 heterocycles. The van der Waals surface area contributed by atoms with E-state index in [-0.39, 0.29) is 24.8 Å². The first-order valence-corrected chi connectivity index (χ1v) is 8.57. The summed E-state index contributed by atoms with van der Waals surface area (Å²) < 4.78 is 11.9. The Labute approximate surface area is 160 Å². The van der Waals surface area contributed by atoms with E-state index in [9.17, 15) is 9.59 Å². The standard InChI is InChI=1S/C19H17N5O4/c1-11-12(2)22-18(14-8-20-5-6-21-14)24(19(11)26)9-17(25)23-13-3-4-15-16(7-13)28-10-27-15/h3-8H,9-10H2,1-2H3,(H,23,25). The third-order valence-corrected chi connectivity index (χ3v) is 4.39. The number of nitrogens with one attached hydrogen (secondary N) is 1. The zero-order valence-corrected chi connectivity index (χ0v) is 15.3. The molecule has 0 atom stereocenters. The minimum atomic E-state index is -0.379. The van der Waals surface area contributed by atoms with Gasteiger partial charge in [-0.2, -0.15) is 0 Å². The van der Waals surface area contributed by atoms with Gasteiger partial charge in [-0.05, 0) is 26.0 Å². The van der Waals surface area contributed by atoms with Crippen LogP contribution in [0.25, 0.3) is 11.5 Å². The molecule has 9 heteroatoms. The molecule has 0 radical (unpaired) electrons. The molecule has 0 unspecified atom stereocenters. The van der Waals surface area contributed by atoms with Crippen LogP contribution in [0.5, 0.6) is 11.5 Å². The van der Waals surface area contributed by atoms with Gasteiger partial charge in [0.05, 0.1) is 6.20 Å². The molecule has 142 valence electrons. The molecule has 0 aliphatic carbocycles. The molecule has 0 saturated heterocycles. The highest BCUT2D eigenvalue weighted by Gasteiger charge is 2.18. The predicted molar refractivity (Wildman–Crippen MR) is 100 cm³/mol. The van der Waals surface area contributed by atoms with Crippen LogP contribution in [0.3, 0.4) is 0 Å². The highest BCUT2D eigenvalue weighted by atomic mass is 16.7. The third kappa shape index (κ3) is 3.29. The maximum atomic E-state index is 12.8. The maximum Gasteiger partial charge on any atom is 0.257 e. The lowest BCUT2D eigenvalue weighted by Gasteiger charge is -2.14. The lowest BCUT2D eigenvalue weighted by Crippen LogP contribution is -2.32. The highest BCUT2D eigenvalue weighted by Crippen LogP contribution is 2.34. The number of aryl methyl sites for hydroxylation is 1. The summed E-state index contributed by atoms with van der Waals surface area (Å²) in [5.41, 5.74) is 1.72. The number of carbonyl (C=O) groups excluding carboxylic acids is 1. The zero-order chi connectivity index (χ0) is 19.7. The fourth-order valence-corrected chi connectivity index (χ4v) is 2.83. The van der Waals surface area contributed by atoms with E-state index in [1.54, 1.807) is 32.0 Å². The van der Waals surface area contributed by atoms with Crippen LogP contribution in [0, 0.1) is 13.8 Å². The number of rotatable bonds is 4. The van der Waals surface area contributed by atoms with Crippen molar-refractivity contribution in [3.8, 4) is 23.0 Å². The van der Waals surface area contributed by atoms with Crippen LogP contribution < -0.4 is 20.3 Å². The maximum absolute atomic E-state index is 12.8. The number of nitrogens with zero attached hydrogens (tertiary/aromatic N) is 4. The summed E-state index contributed by atoms with van der Waals surface area (Å²) in [6, 6.07) is 5.09. The molecule has 1 N–H and O–H groups in total. The van der Waals surface area contributed by atoms with Crippen molar-refractivity contribution < 1.29 is 14.3 Å². The van der Waals surface area contributed by atoms with Crippen molar-refractivity contribution in [1.82, 2.24) is 19.5 Å². The Kier molecular flexibility index (Phi) is 4.48. The second-order valence-electron chi connectivity index (χ2n) is 6.24. The van der Waals surface area contributed by atoms with Crippen molar-refractivity contribution in [2.24, 2.45) is 0 Å². The van der Waals surface area contributed by atoms with Gasteiger partial charge in [-0.1, -0.05) is 0 Å². The van der Waals surface area contributed by atoms with Gasteiger partial charge in [0.15, 0.2) is 17.3 Å². The second-order valence-corrected chi connectivity index (χ2v) is 6.24. The molecule has 9 nitrogen and oxygen atoms in total. The summed E-state index contributed by atoms with van der Waals surface area (Å²) in [4.78, 5) is 38.1. The molecule has 0 fully saturated rings. The molecule has 1 aliphatic heterocycles. The van der Waals surface area contributed by atoms with Crippen LogP contribution in [0.1, 0.15) is 11.3 Å². The first kappa shape index (κ1) is 17.7. The molecule has 4 rings (SSSR count). The van der Waals surface area contributed by atoms with Crippen LogP contribution in [0.15, 0.2) is 41.6 Å². The summed E-state index contributed by atoms with van der Waals surface area (Å²) >= 11 is 0. The molecule has 3 aromatic rings. The van der Waals surface area contributed by atoms with E-state index in [4.69, 9.17) is 9.47 Å². The van der Waals surface area contributed by atoms with Crippen molar-refractivity contribution in [1.29, 1.82) is 0 Å². The van der Waals surface area contributed by atoms with Gasteiger partial charge >= 0.3 is 0 Å².